The molecule has 1 aromatic carbocycles. The van der Waals surface area contributed by atoms with Gasteiger partial charge in [0.2, 0.25) is 5.82 Å². The number of benzene rings is 1. The molecule has 150 valence electrons. The third-order valence-electron chi connectivity index (χ3n) is 3.95. The van der Waals surface area contributed by atoms with Crippen LogP contribution < -0.4 is 15.3 Å². The molecule has 4 rings (SSSR count). The lowest BCUT2D eigenvalue weighted by Gasteiger charge is -2.28. The van der Waals surface area contributed by atoms with Crippen LogP contribution in [0.5, 0.6) is 11.5 Å². The second-order valence-electron chi connectivity index (χ2n) is 5.84. The number of hydrogen-bond acceptors (Lipinski definition) is 6. The fourth-order valence-electron chi connectivity index (χ4n) is 2.72. The van der Waals surface area contributed by atoms with Crippen molar-refractivity contribution in [3.8, 4) is 11.5 Å². The van der Waals surface area contributed by atoms with Gasteiger partial charge in [0.15, 0.2) is 17.3 Å². The second kappa shape index (κ2) is 5.69. The number of hydrogen-bond donors (Lipinski definition) is 0. The molecule has 13 heteroatoms. The Kier molecular flexibility index (Phi) is 3.71. The normalized spacial score (nSPS) is 18.6. The summed E-state index contributed by atoms with van der Waals surface area (Å²) in [5.41, 5.74) is -0.610. The van der Waals surface area contributed by atoms with Crippen LogP contribution in [-0.4, -0.2) is 22.0 Å². The Labute approximate surface area is 150 Å². The molecule has 28 heavy (non-hydrogen) atoms. The number of alkyl halides is 6. The highest BCUT2D eigenvalue weighted by molar-refractivity contribution is 5.81. The maximum absolute atomic E-state index is 13.4. The van der Waals surface area contributed by atoms with E-state index in [4.69, 9.17) is 4.42 Å². The molecule has 0 spiro atoms. The first-order valence-corrected chi connectivity index (χ1v) is 7.54. The summed E-state index contributed by atoms with van der Waals surface area (Å²) in [5, 5.41) is 0. The molecule has 1 atom stereocenters. The second-order valence-corrected chi connectivity index (χ2v) is 5.84. The third-order valence-corrected chi connectivity index (χ3v) is 3.95. The zero-order valence-electron chi connectivity index (χ0n) is 13.6. The Bertz CT molecular complexity index is 1130. The Hall–Kier alpha value is -3.12. The van der Waals surface area contributed by atoms with E-state index >= 15 is 0 Å². The molecule has 3 heterocycles. The van der Waals surface area contributed by atoms with Gasteiger partial charge in [-0.3, -0.25) is 0 Å². The van der Waals surface area contributed by atoms with Gasteiger partial charge >= 0.3 is 24.5 Å². The number of ether oxygens (including phenoxy) is 2. The molecule has 0 aliphatic carbocycles. The minimum Gasteiger partial charge on any atom is -0.447 e. The van der Waals surface area contributed by atoms with Crippen molar-refractivity contribution in [3.63, 3.8) is 0 Å². The van der Waals surface area contributed by atoms with Crippen LogP contribution in [0.25, 0.3) is 11.0 Å². The predicted octanol–water partition coefficient (Wildman–Crippen LogP) is 3.62. The van der Waals surface area contributed by atoms with Crippen LogP contribution in [0.2, 0.25) is 0 Å². The van der Waals surface area contributed by atoms with Crippen molar-refractivity contribution in [1.29, 1.82) is 0 Å². The highest BCUT2D eigenvalue weighted by Crippen LogP contribution is 2.43. The summed E-state index contributed by atoms with van der Waals surface area (Å²) >= 11 is 0. The lowest BCUT2D eigenvalue weighted by Crippen LogP contribution is -2.43. The van der Waals surface area contributed by atoms with Crippen LogP contribution in [0, 0.1) is 6.92 Å². The van der Waals surface area contributed by atoms with Crippen LogP contribution in [0.1, 0.15) is 17.3 Å². The summed E-state index contributed by atoms with van der Waals surface area (Å²) < 4.78 is 98.8. The fourth-order valence-corrected chi connectivity index (χ4v) is 2.72. The van der Waals surface area contributed by atoms with Gasteiger partial charge in [-0.25, -0.2) is 9.78 Å². The van der Waals surface area contributed by atoms with Crippen molar-refractivity contribution in [2.45, 2.75) is 32.1 Å². The molecule has 0 N–H and O–H groups in total. The number of nitrogens with zero attached hydrogens (tertiary/aromatic N) is 2. The zero-order chi connectivity index (χ0) is 20.4. The minimum absolute atomic E-state index is 0.0546. The molecule has 0 radical (unpaired) electrons. The van der Waals surface area contributed by atoms with E-state index in [1.165, 1.54) is 6.92 Å². The topological polar surface area (TPSA) is 79.6 Å². The van der Waals surface area contributed by atoms with Crippen LogP contribution >= 0.6 is 0 Å². The number of halogens is 6. The molecule has 0 bridgehead atoms. The average Bonchev–Trinajstić information content (AvgIpc) is 3.06. The maximum atomic E-state index is 13.4. The van der Waals surface area contributed by atoms with Crippen molar-refractivity contribution >= 4 is 11.0 Å². The Balaban J connectivity index is 1.91. The molecule has 0 fully saturated rings. The van der Waals surface area contributed by atoms with Gasteiger partial charge in [-0.1, -0.05) is 0 Å². The number of aromatic nitrogens is 2. The van der Waals surface area contributed by atoms with E-state index in [0.29, 0.717) is 4.57 Å². The number of aryl methyl sites for hydroxylation is 1. The van der Waals surface area contributed by atoms with Gasteiger partial charge in [0.1, 0.15) is 5.76 Å². The first kappa shape index (κ1) is 18.3. The molecule has 1 aliphatic rings. The molecule has 7 nitrogen and oxygen atoms in total. The van der Waals surface area contributed by atoms with Crippen molar-refractivity contribution in [2.24, 2.45) is 0 Å². The van der Waals surface area contributed by atoms with Gasteiger partial charge in [-0.2, -0.15) is 26.3 Å². The predicted molar refractivity (Wildman–Crippen MR) is 76.9 cm³/mol. The minimum atomic E-state index is -4.94. The van der Waals surface area contributed by atoms with Gasteiger partial charge in [0.05, 0.1) is 17.6 Å². The molecule has 0 amide bonds. The van der Waals surface area contributed by atoms with E-state index in [0.717, 1.165) is 12.1 Å². The summed E-state index contributed by atoms with van der Waals surface area (Å²) in [6.45, 7) is 0.693. The van der Waals surface area contributed by atoms with Crippen LogP contribution in [0.4, 0.5) is 26.3 Å². The summed E-state index contributed by atoms with van der Waals surface area (Å²) in [6, 6.07) is 1.65. The van der Waals surface area contributed by atoms with Crippen molar-refractivity contribution in [1.82, 2.24) is 9.55 Å². The zero-order valence-corrected chi connectivity index (χ0v) is 13.6. The van der Waals surface area contributed by atoms with Crippen molar-refractivity contribution in [2.75, 3.05) is 0 Å². The summed E-state index contributed by atoms with van der Waals surface area (Å²) in [4.78, 5) is 14.5. The average molecular weight is 410 g/mol. The van der Waals surface area contributed by atoms with E-state index in [1.54, 1.807) is 0 Å². The van der Waals surface area contributed by atoms with Gasteiger partial charge in [-0.05, 0) is 6.92 Å². The van der Waals surface area contributed by atoms with E-state index in [-0.39, 0.29) is 22.6 Å². The van der Waals surface area contributed by atoms with Gasteiger partial charge in [-0.15, -0.1) is 0 Å². The first-order chi connectivity index (χ1) is 13.0. The highest BCUT2D eigenvalue weighted by atomic mass is 19.4. The fraction of sp³-hybridized carbons (Fsp3) is 0.333. The summed E-state index contributed by atoms with van der Waals surface area (Å²) in [5.74, 6) is -3.98. The largest absolute Gasteiger partial charge is 0.519 e. The van der Waals surface area contributed by atoms with Crippen LogP contribution in [0.15, 0.2) is 25.8 Å². The molecular formula is C15H8F6N2O5. The van der Waals surface area contributed by atoms with E-state index in [9.17, 15) is 31.1 Å². The van der Waals surface area contributed by atoms with Crippen LogP contribution in [-0.2, 0) is 12.7 Å². The summed E-state index contributed by atoms with van der Waals surface area (Å²) in [7, 11) is 0. The Morgan fingerprint density at radius 2 is 1.93 bits per heavy atom. The highest BCUT2D eigenvalue weighted by Gasteiger charge is 2.50. The van der Waals surface area contributed by atoms with Gasteiger partial charge < -0.3 is 22.9 Å². The maximum Gasteiger partial charge on any atom is 0.519 e. The van der Waals surface area contributed by atoms with E-state index < -0.39 is 48.3 Å². The lowest BCUT2D eigenvalue weighted by molar-refractivity contribution is -0.281. The molecule has 0 saturated heterocycles. The number of rotatable bonds is 2. The van der Waals surface area contributed by atoms with Gasteiger partial charge in [0.25, 0.3) is 0 Å². The first-order valence-electron chi connectivity index (χ1n) is 7.54. The van der Waals surface area contributed by atoms with E-state index in [1.807, 2.05) is 0 Å². The quantitative estimate of drug-likeness (QED) is 0.601. The molecular weight excluding hydrogens is 402 g/mol. The molecule has 2 aromatic heterocycles. The van der Waals surface area contributed by atoms with Crippen molar-refractivity contribution < 1.29 is 44.7 Å². The van der Waals surface area contributed by atoms with E-state index in [2.05, 4.69) is 18.9 Å². The molecule has 1 aliphatic heterocycles. The molecule has 0 saturated carbocycles. The van der Waals surface area contributed by atoms with Crippen LogP contribution in [0.3, 0.4) is 0 Å². The standard InChI is InChI=1S/C15H8F6N2O5/c1-5-10(27-13(24)25-5)4-23-7-3-8-9(28-15(20,21)11(16)26-8)2-6(7)22-12(23)14(17,18)19/h2-3,11H,4H2,1H3. The number of imidazole rings is 1. The summed E-state index contributed by atoms with van der Waals surface area (Å²) in [6.07, 6.45) is -12.4. The number of fused-ring (bicyclic) bond motifs is 2. The Morgan fingerprint density at radius 3 is 2.54 bits per heavy atom. The molecule has 1 unspecified atom stereocenters. The third kappa shape index (κ3) is 2.86. The SMILES string of the molecule is Cc1oc(=O)oc1Cn1c(C(F)(F)F)nc2cc3c(cc21)OC(F)C(F)(F)O3. The smallest absolute Gasteiger partial charge is 0.447 e. The molecule has 3 aromatic rings. The lowest BCUT2D eigenvalue weighted by atomic mass is 10.2. The Morgan fingerprint density at radius 1 is 1.21 bits per heavy atom. The monoisotopic (exact) mass is 410 g/mol. The van der Waals surface area contributed by atoms with Gasteiger partial charge in [0, 0.05) is 12.1 Å². The van der Waals surface area contributed by atoms with Crippen molar-refractivity contribution in [3.05, 3.63) is 40.1 Å².